The minimum atomic E-state index is -4.43. The lowest BCUT2D eigenvalue weighted by atomic mass is 9.64. The number of halogens is 3. The van der Waals surface area contributed by atoms with Gasteiger partial charge in [0.2, 0.25) is 0 Å². The monoisotopic (exact) mass is 471 g/mol. The summed E-state index contributed by atoms with van der Waals surface area (Å²) in [4.78, 5) is 28.1. The molecule has 3 aromatic heterocycles. The van der Waals surface area contributed by atoms with Crippen LogP contribution in [-0.2, 0) is 13.2 Å². The van der Waals surface area contributed by atoms with Gasteiger partial charge in [0.1, 0.15) is 5.82 Å². The highest BCUT2D eigenvalue weighted by molar-refractivity contribution is 5.98. The second-order valence-electron chi connectivity index (χ2n) is 8.97. The van der Waals surface area contributed by atoms with Crippen LogP contribution < -0.4 is 5.32 Å². The summed E-state index contributed by atoms with van der Waals surface area (Å²) >= 11 is 0. The van der Waals surface area contributed by atoms with Crippen LogP contribution in [0.4, 0.5) is 19.0 Å². The lowest BCUT2D eigenvalue weighted by molar-refractivity contribution is -0.137. The number of alkyl halides is 3. The Hall–Kier alpha value is -3.50. The Balaban J connectivity index is 1.39. The molecule has 0 radical (unpaired) electrons. The van der Waals surface area contributed by atoms with Gasteiger partial charge in [0.05, 0.1) is 17.2 Å². The van der Waals surface area contributed by atoms with E-state index in [1.54, 1.807) is 36.4 Å². The van der Waals surface area contributed by atoms with Crippen LogP contribution in [0.25, 0.3) is 11.4 Å². The molecule has 0 spiro atoms. The van der Waals surface area contributed by atoms with Crippen LogP contribution in [0.5, 0.6) is 0 Å². The number of nitrogens with zero attached hydrogens (tertiary/aromatic N) is 6. The molecular formula is C23H24F3N7O. The molecule has 3 fully saturated rings. The molecule has 1 saturated carbocycles. The van der Waals surface area contributed by atoms with Gasteiger partial charge in [-0.15, -0.1) is 0 Å². The van der Waals surface area contributed by atoms with E-state index in [0.29, 0.717) is 35.4 Å². The molecule has 1 amide bonds. The number of aryl methyl sites for hydroxylation is 1. The van der Waals surface area contributed by atoms with Crippen LogP contribution in [0.2, 0.25) is 0 Å². The lowest BCUT2D eigenvalue weighted by Crippen LogP contribution is -2.64. The van der Waals surface area contributed by atoms with Crippen molar-refractivity contribution >= 4 is 11.7 Å². The SMILES string of the molecule is C[C@@H]1C2CC(C2)N(C(=O)c2nn(C)cc2-c2ncccn2)C1CNc1ccc(C(F)(F)F)cn1. The summed E-state index contributed by atoms with van der Waals surface area (Å²) in [6.07, 6.45) is 3.22. The van der Waals surface area contributed by atoms with Gasteiger partial charge in [0.25, 0.3) is 5.91 Å². The number of hydrogen-bond acceptors (Lipinski definition) is 6. The van der Waals surface area contributed by atoms with E-state index in [1.165, 1.54) is 6.07 Å². The van der Waals surface area contributed by atoms with Crippen molar-refractivity contribution in [3.05, 3.63) is 54.2 Å². The average Bonchev–Trinajstić information content (AvgIpc) is 3.18. The van der Waals surface area contributed by atoms with E-state index in [1.807, 2.05) is 4.90 Å². The van der Waals surface area contributed by atoms with E-state index in [-0.39, 0.29) is 23.9 Å². The molecular weight excluding hydrogens is 447 g/mol. The Morgan fingerprint density at radius 2 is 1.91 bits per heavy atom. The number of fused-ring (bicyclic) bond motifs is 2. The molecule has 2 atom stereocenters. The van der Waals surface area contributed by atoms with Crippen LogP contribution in [-0.4, -0.2) is 54.2 Å². The van der Waals surface area contributed by atoms with E-state index in [2.05, 4.69) is 32.3 Å². The van der Waals surface area contributed by atoms with Gasteiger partial charge in [-0.1, -0.05) is 6.92 Å². The van der Waals surface area contributed by atoms with E-state index >= 15 is 0 Å². The van der Waals surface area contributed by atoms with Crippen molar-refractivity contribution in [2.75, 3.05) is 11.9 Å². The van der Waals surface area contributed by atoms with Crippen LogP contribution in [0, 0.1) is 11.8 Å². The second kappa shape index (κ2) is 8.37. The van der Waals surface area contributed by atoms with Crippen molar-refractivity contribution in [3.8, 4) is 11.4 Å². The van der Waals surface area contributed by atoms with Crippen molar-refractivity contribution < 1.29 is 18.0 Å². The molecule has 5 heterocycles. The van der Waals surface area contributed by atoms with Gasteiger partial charge in [-0.25, -0.2) is 15.0 Å². The molecule has 3 aliphatic rings. The van der Waals surface area contributed by atoms with Crippen LogP contribution in [0.1, 0.15) is 35.8 Å². The van der Waals surface area contributed by atoms with Gasteiger partial charge in [0, 0.05) is 44.4 Å². The number of rotatable bonds is 5. The van der Waals surface area contributed by atoms with E-state index in [9.17, 15) is 18.0 Å². The lowest BCUT2D eigenvalue weighted by Gasteiger charge is -2.57. The van der Waals surface area contributed by atoms with E-state index < -0.39 is 11.7 Å². The molecule has 8 nitrogen and oxygen atoms in total. The number of carbonyl (C=O) groups is 1. The highest BCUT2D eigenvalue weighted by Crippen LogP contribution is 2.47. The first-order valence-corrected chi connectivity index (χ1v) is 11.1. The third kappa shape index (κ3) is 3.99. The third-order valence-corrected chi connectivity index (χ3v) is 6.91. The number of hydrogen-bond donors (Lipinski definition) is 1. The molecule has 1 N–H and O–H groups in total. The summed E-state index contributed by atoms with van der Waals surface area (Å²) in [6.45, 7) is 2.49. The van der Waals surface area contributed by atoms with Crippen LogP contribution in [0.3, 0.4) is 0 Å². The molecule has 2 saturated heterocycles. The molecule has 6 rings (SSSR count). The minimum absolute atomic E-state index is 0.104. The molecule has 3 aromatic rings. The molecule has 34 heavy (non-hydrogen) atoms. The fourth-order valence-electron chi connectivity index (χ4n) is 4.97. The number of carbonyl (C=O) groups excluding carboxylic acids is 1. The first-order chi connectivity index (χ1) is 16.2. The summed E-state index contributed by atoms with van der Waals surface area (Å²) in [6, 6.07) is 3.97. The zero-order chi connectivity index (χ0) is 24.0. The molecule has 178 valence electrons. The normalized spacial score (nSPS) is 24.0. The average molecular weight is 471 g/mol. The highest BCUT2D eigenvalue weighted by Gasteiger charge is 2.51. The molecule has 0 aromatic carbocycles. The predicted molar refractivity (Wildman–Crippen MR) is 118 cm³/mol. The Kier molecular flexibility index (Phi) is 5.49. The van der Waals surface area contributed by atoms with Crippen molar-refractivity contribution in [1.82, 2.24) is 29.6 Å². The molecule has 1 unspecified atom stereocenters. The largest absolute Gasteiger partial charge is 0.417 e. The summed E-state index contributed by atoms with van der Waals surface area (Å²) in [5.74, 6) is 1.31. The van der Waals surface area contributed by atoms with Crippen molar-refractivity contribution in [2.45, 2.75) is 38.0 Å². The van der Waals surface area contributed by atoms with Gasteiger partial charge in [0.15, 0.2) is 11.5 Å². The minimum Gasteiger partial charge on any atom is -0.368 e. The van der Waals surface area contributed by atoms with Crippen molar-refractivity contribution in [3.63, 3.8) is 0 Å². The van der Waals surface area contributed by atoms with Crippen LogP contribution >= 0.6 is 0 Å². The molecule has 2 aliphatic heterocycles. The third-order valence-electron chi connectivity index (χ3n) is 6.91. The zero-order valence-electron chi connectivity index (χ0n) is 18.7. The smallest absolute Gasteiger partial charge is 0.368 e. The Labute approximate surface area is 194 Å². The molecule has 11 heteroatoms. The Morgan fingerprint density at radius 1 is 1.18 bits per heavy atom. The van der Waals surface area contributed by atoms with E-state index in [4.69, 9.17) is 0 Å². The molecule has 2 bridgehead atoms. The van der Waals surface area contributed by atoms with Crippen LogP contribution in [0.15, 0.2) is 43.0 Å². The number of anilines is 1. The quantitative estimate of drug-likeness (QED) is 0.611. The van der Waals surface area contributed by atoms with Gasteiger partial charge in [-0.3, -0.25) is 9.48 Å². The number of aromatic nitrogens is 5. The number of nitrogens with one attached hydrogen (secondary N) is 1. The summed E-state index contributed by atoms with van der Waals surface area (Å²) in [7, 11) is 1.75. The van der Waals surface area contributed by atoms with Gasteiger partial charge in [-0.05, 0) is 42.9 Å². The fourth-order valence-corrected chi connectivity index (χ4v) is 4.97. The topological polar surface area (TPSA) is 88.8 Å². The highest BCUT2D eigenvalue weighted by atomic mass is 19.4. The van der Waals surface area contributed by atoms with E-state index in [0.717, 1.165) is 25.1 Å². The maximum absolute atomic E-state index is 13.8. The first-order valence-electron chi connectivity index (χ1n) is 11.1. The number of pyridine rings is 1. The predicted octanol–water partition coefficient (Wildman–Crippen LogP) is 3.64. The maximum atomic E-state index is 13.8. The first kappa shape index (κ1) is 22.3. The fraction of sp³-hybridized carbons (Fsp3) is 0.435. The Bertz CT molecular complexity index is 1170. The second-order valence-corrected chi connectivity index (χ2v) is 8.97. The zero-order valence-corrected chi connectivity index (χ0v) is 18.7. The summed E-state index contributed by atoms with van der Waals surface area (Å²) < 4.78 is 40.1. The maximum Gasteiger partial charge on any atom is 0.417 e. The number of amides is 1. The Morgan fingerprint density at radius 3 is 2.56 bits per heavy atom. The van der Waals surface area contributed by atoms with Crippen molar-refractivity contribution in [2.24, 2.45) is 18.9 Å². The van der Waals surface area contributed by atoms with Gasteiger partial charge in [-0.2, -0.15) is 18.3 Å². The standard InChI is InChI=1S/C23H24F3N7O/c1-13-14-8-16(9-14)33(18(13)11-30-19-5-4-15(10-29-19)23(24,25)26)22(34)20-17(12-32(2)31-20)21-27-6-3-7-28-21/h3-7,10,12-14,16,18H,8-9,11H2,1-2H3,(H,29,30)/t13-,14?,16?,18?/m1/s1. The summed E-state index contributed by atoms with van der Waals surface area (Å²) in [5, 5.41) is 7.56. The molecule has 1 aliphatic carbocycles. The van der Waals surface area contributed by atoms with Gasteiger partial charge >= 0.3 is 6.18 Å². The van der Waals surface area contributed by atoms with Crippen molar-refractivity contribution in [1.29, 1.82) is 0 Å². The van der Waals surface area contributed by atoms with Gasteiger partial charge < -0.3 is 10.2 Å². The summed E-state index contributed by atoms with van der Waals surface area (Å²) in [5.41, 5.74) is 0.0650. The number of piperidine rings is 2.